The van der Waals surface area contributed by atoms with Crippen LogP contribution in [0.25, 0.3) is 0 Å². The zero-order valence-electron chi connectivity index (χ0n) is 12.5. The van der Waals surface area contributed by atoms with Gasteiger partial charge >= 0.3 is 0 Å². The lowest BCUT2D eigenvalue weighted by atomic mass is 9.89. The van der Waals surface area contributed by atoms with Crippen LogP contribution in [0.15, 0.2) is 24.3 Å². The fourth-order valence-electron chi connectivity index (χ4n) is 1.91. The van der Waals surface area contributed by atoms with Gasteiger partial charge < -0.3 is 11.1 Å². The maximum atomic E-state index is 11.9. The Morgan fingerprint density at radius 1 is 1.26 bits per heavy atom. The van der Waals surface area contributed by atoms with E-state index in [1.165, 1.54) is 5.56 Å². The summed E-state index contributed by atoms with van der Waals surface area (Å²) in [6, 6.07) is 8.07. The number of carbonyl (C=O) groups is 1. The predicted molar refractivity (Wildman–Crippen MR) is 81.1 cm³/mol. The van der Waals surface area contributed by atoms with Crippen LogP contribution in [-0.2, 0) is 11.2 Å². The number of anilines is 1. The Morgan fingerprint density at radius 2 is 1.84 bits per heavy atom. The van der Waals surface area contributed by atoms with Gasteiger partial charge in [0.2, 0.25) is 5.91 Å². The number of hydrogen-bond donors (Lipinski definition) is 2. The van der Waals surface area contributed by atoms with E-state index in [4.69, 9.17) is 5.73 Å². The van der Waals surface area contributed by atoms with Gasteiger partial charge in [0, 0.05) is 12.1 Å². The van der Waals surface area contributed by atoms with Gasteiger partial charge in [-0.1, -0.05) is 39.8 Å². The van der Waals surface area contributed by atoms with Gasteiger partial charge in [0.05, 0.1) is 0 Å². The van der Waals surface area contributed by atoms with E-state index >= 15 is 0 Å². The van der Waals surface area contributed by atoms with E-state index < -0.39 is 0 Å². The third kappa shape index (κ3) is 5.88. The van der Waals surface area contributed by atoms with Gasteiger partial charge in [0.25, 0.3) is 0 Å². The summed E-state index contributed by atoms with van der Waals surface area (Å²) in [7, 11) is 0. The van der Waals surface area contributed by atoms with E-state index in [-0.39, 0.29) is 11.3 Å². The minimum absolute atomic E-state index is 0.0204. The molecule has 0 radical (unpaired) electrons. The molecule has 0 aliphatic heterocycles. The van der Waals surface area contributed by atoms with Crippen LogP contribution in [0.1, 0.15) is 39.7 Å². The molecule has 1 aromatic carbocycles. The second-order valence-corrected chi connectivity index (χ2v) is 6.39. The van der Waals surface area contributed by atoms with Crippen molar-refractivity contribution in [2.75, 3.05) is 11.9 Å². The number of rotatable bonds is 6. The number of nitrogens with one attached hydrogen (secondary N) is 1. The summed E-state index contributed by atoms with van der Waals surface area (Å²) in [6.45, 7) is 8.90. The molecule has 0 bridgehead atoms. The molecule has 3 N–H and O–H groups in total. The van der Waals surface area contributed by atoms with Crippen molar-refractivity contribution < 1.29 is 4.79 Å². The van der Waals surface area contributed by atoms with E-state index in [2.05, 4.69) is 31.3 Å². The Labute approximate surface area is 116 Å². The molecule has 0 aliphatic rings. The minimum atomic E-state index is -0.151. The largest absolute Gasteiger partial charge is 0.330 e. The zero-order valence-corrected chi connectivity index (χ0v) is 12.5. The first kappa shape index (κ1) is 15.7. The molecule has 19 heavy (non-hydrogen) atoms. The van der Waals surface area contributed by atoms with E-state index in [1.807, 2.05) is 26.0 Å². The first-order chi connectivity index (χ1) is 8.82. The summed E-state index contributed by atoms with van der Waals surface area (Å²) in [5.74, 6) is 0.665. The molecule has 0 saturated heterocycles. The molecule has 0 saturated carbocycles. The van der Waals surface area contributed by atoms with Crippen molar-refractivity contribution in [1.29, 1.82) is 0 Å². The molecule has 0 unspecified atom stereocenters. The zero-order chi connectivity index (χ0) is 14.5. The third-order valence-corrected chi connectivity index (χ3v) is 3.07. The van der Waals surface area contributed by atoms with E-state index in [1.54, 1.807) is 0 Å². The average Bonchev–Trinajstić information content (AvgIpc) is 2.30. The molecular weight excluding hydrogens is 236 g/mol. The van der Waals surface area contributed by atoms with E-state index in [0.717, 1.165) is 12.1 Å². The highest BCUT2D eigenvalue weighted by atomic mass is 16.1. The first-order valence-electron chi connectivity index (χ1n) is 6.91. The Balaban J connectivity index is 2.56. The Morgan fingerprint density at radius 3 is 2.32 bits per heavy atom. The van der Waals surface area contributed by atoms with Crippen LogP contribution in [0.4, 0.5) is 5.69 Å². The normalized spacial score (nSPS) is 11.7. The second kappa shape index (κ2) is 6.71. The van der Waals surface area contributed by atoms with Crippen molar-refractivity contribution in [3.63, 3.8) is 0 Å². The lowest BCUT2D eigenvalue weighted by Gasteiger charge is -2.21. The van der Waals surface area contributed by atoms with Gasteiger partial charge in [-0.2, -0.15) is 0 Å². The monoisotopic (exact) mass is 262 g/mol. The molecule has 0 aromatic heterocycles. The van der Waals surface area contributed by atoms with Crippen LogP contribution >= 0.6 is 0 Å². The number of amides is 1. The molecule has 0 atom stereocenters. The highest BCUT2D eigenvalue weighted by Crippen LogP contribution is 2.19. The topological polar surface area (TPSA) is 55.1 Å². The number of hydrogen-bond acceptors (Lipinski definition) is 2. The van der Waals surface area contributed by atoms with Crippen molar-refractivity contribution >= 4 is 11.6 Å². The molecule has 3 nitrogen and oxygen atoms in total. The molecular formula is C16H26N2O. The van der Waals surface area contributed by atoms with Crippen LogP contribution in [-0.4, -0.2) is 12.5 Å². The van der Waals surface area contributed by atoms with Gasteiger partial charge in [0.1, 0.15) is 0 Å². The standard InChI is InChI=1S/C16H26N2O/c1-12(2)9-13-5-7-14(8-6-13)18-15(19)10-16(3,4)11-17/h5-8,12H,9-11,17H2,1-4H3,(H,18,19). The van der Waals surface area contributed by atoms with Crippen molar-refractivity contribution in [2.45, 2.75) is 40.5 Å². The fourth-order valence-corrected chi connectivity index (χ4v) is 1.91. The Hall–Kier alpha value is -1.35. The summed E-state index contributed by atoms with van der Waals surface area (Å²) in [5, 5.41) is 2.92. The second-order valence-electron chi connectivity index (χ2n) is 6.39. The number of benzene rings is 1. The van der Waals surface area contributed by atoms with Crippen LogP contribution in [0.2, 0.25) is 0 Å². The quantitative estimate of drug-likeness (QED) is 0.827. The van der Waals surface area contributed by atoms with Gasteiger partial charge in [-0.3, -0.25) is 4.79 Å². The van der Waals surface area contributed by atoms with E-state index in [0.29, 0.717) is 18.9 Å². The maximum Gasteiger partial charge on any atom is 0.224 e. The van der Waals surface area contributed by atoms with Crippen LogP contribution in [0, 0.1) is 11.3 Å². The van der Waals surface area contributed by atoms with Gasteiger partial charge in [-0.05, 0) is 42.0 Å². The molecule has 1 amide bonds. The Bertz CT molecular complexity index is 407. The molecule has 1 rings (SSSR count). The maximum absolute atomic E-state index is 11.9. The predicted octanol–water partition coefficient (Wildman–Crippen LogP) is 3.20. The molecule has 3 heteroatoms. The van der Waals surface area contributed by atoms with Gasteiger partial charge in [-0.15, -0.1) is 0 Å². The number of nitrogens with two attached hydrogens (primary N) is 1. The van der Waals surface area contributed by atoms with Crippen LogP contribution < -0.4 is 11.1 Å². The SMILES string of the molecule is CC(C)Cc1ccc(NC(=O)CC(C)(C)CN)cc1. The summed E-state index contributed by atoms with van der Waals surface area (Å²) in [4.78, 5) is 11.9. The fraction of sp³-hybridized carbons (Fsp3) is 0.562. The van der Waals surface area contributed by atoms with E-state index in [9.17, 15) is 4.79 Å². The molecule has 106 valence electrons. The highest BCUT2D eigenvalue weighted by Gasteiger charge is 2.20. The summed E-state index contributed by atoms with van der Waals surface area (Å²) in [6.07, 6.45) is 1.51. The van der Waals surface area contributed by atoms with Crippen molar-refractivity contribution in [2.24, 2.45) is 17.1 Å². The van der Waals surface area contributed by atoms with Gasteiger partial charge in [0.15, 0.2) is 0 Å². The van der Waals surface area contributed by atoms with Crippen LogP contribution in [0.3, 0.4) is 0 Å². The number of carbonyl (C=O) groups excluding carboxylic acids is 1. The van der Waals surface area contributed by atoms with Gasteiger partial charge in [-0.25, -0.2) is 0 Å². The first-order valence-corrected chi connectivity index (χ1v) is 6.91. The van der Waals surface area contributed by atoms with Crippen molar-refractivity contribution in [1.82, 2.24) is 0 Å². The lowest BCUT2D eigenvalue weighted by molar-refractivity contribution is -0.117. The molecule has 1 aromatic rings. The van der Waals surface area contributed by atoms with Crippen molar-refractivity contribution in [3.8, 4) is 0 Å². The minimum Gasteiger partial charge on any atom is -0.330 e. The molecule has 0 spiro atoms. The van der Waals surface area contributed by atoms with Crippen molar-refractivity contribution in [3.05, 3.63) is 29.8 Å². The lowest BCUT2D eigenvalue weighted by Crippen LogP contribution is -2.29. The molecule has 0 fully saturated rings. The summed E-state index contributed by atoms with van der Waals surface area (Å²) < 4.78 is 0. The third-order valence-electron chi connectivity index (χ3n) is 3.07. The summed E-state index contributed by atoms with van der Waals surface area (Å²) in [5.41, 5.74) is 7.64. The smallest absolute Gasteiger partial charge is 0.224 e. The highest BCUT2D eigenvalue weighted by molar-refractivity contribution is 5.91. The average molecular weight is 262 g/mol. The van der Waals surface area contributed by atoms with Crippen LogP contribution in [0.5, 0.6) is 0 Å². The Kier molecular flexibility index (Phi) is 5.55. The molecule has 0 aliphatic carbocycles. The summed E-state index contributed by atoms with van der Waals surface area (Å²) >= 11 is 0. The molecule has 0 heterocycles.